The molecule has 98 valence electrons. The zero-order chi connectivity index (χ0) is 13.7. The van der Waals surface area contributed by atoms with Gasteiger partial charge in [-0.2, -0.15) is 0 Å². The highest BCUT2D eigenvalue weighted by atomic mass is 127. The Hall–Kier alpha value is -0.820. The quantitative estimate of drug-likeness (QED) is 0.495. The second kappa shape index (κ2) is 6.94. The third-order valence-corrected chi connectivity index (χ3v) is 3.52. The van der Waals surface area contributed by atoms with Crippen LogP contribution in [0.4, 0.5) is 0 Å². The van der Waals surface area contributed by atoms with Gasteiger partial charge in [-0.15, -0.1) is 0 Å². The first-order valence-electron chi connectivity index (χ1n) is 5.22. The first-order chi connectivity index (χ1) is 8.45. The van der Waals surface area contributed by atoms with Crippen LogP contribution in [0.3, 0.4) is 0 Å². The van der Waals surface area contributed by atoms with Gasteiger partial charge in [-0.25, -0.2) is 0 Å². The summed E-state index contributed by atoms with van der Waals surface area (Å²) in [5.74, 6) is -0.585. The highest BCUT2D eigenvalue weighted by molar-refractivity contribution is 14.1. The molecule has 4 nitrogen and oxygen atoms in total. The highest BCUT2D eigenvalue weighted by Crippen LogP contribution is 2.15. The van der Waals surface area contributed by atoms with Gasteiger partial charge in [0.25, 0.3) is 5.91 Å². The number of ether oxygens (including phenoxy) is 1. The lowest BCUT2D eigenvalue weighted by Crippen LogP contribution is -2.34. The van der Waals surface area contributed by atoms with Crippen LogP contribution in [-0.2, 0) is 9.53 Å². The molecule has 0 aliphatic rings. The summed E-state index contributed by atoms with van der Waals surface area (Å²) in [6.45, 7) is 2.04. The van der Waals surface area contributed by atoms with Gasteiger partial charge in [0.15, 0.2) is 0 Å². The van der Waals surface area contributed by atoms with Gasteiger partial charge < -0.3 is 10.1 Å². The molecule has 1 aromatic rings. The number of carbonyl (C=O) groups excluding carboxylic acids is 2. The van der Waals surface area contributed by atoms with E-state index in [4.69, 9.17) is 11.6 Å². The maximum Gasteiger partial charge on any atom is 0.320 e. The predicted octanol–water partition coefficient (Wildman–Crippen LogP) is 2.35. The summed E-state index contributed by atoms with van der Waals surface area (Å²) in [5, 5.41) is 3.27. The van der Waals surface area contributed by atoms with Crippen molar-refractivity contribution in [3.63, 3.8) is 0 Å². The van der Waals surface area contributed by atoms with Crippen molar-refractivity contribution in [3.05, 3.63) is 34.3 Å². The van der Waals surface area contributed by atoms with Crippen LogP contribution < -0.4 is 5.32 Å². The molecule has 0 heterocycles. The van der Waals surface area contributed by atoms with Crippen molar-refractivity contribution in [3.8, 4) is 0 Å². The number of nitrogens with one attached hydrogen (secondary N) is 1. The Balaban J connectivity index is 2.63. The largest absolute Gasteiger partial charge is 0.468 e. The Morgan fingerprint density at radius 3 is 2.72 bits per heavy atom. The average Bonchev–Trinajstić information content (AvgIpc) is 2.34. The van der Waals surface area contributed by atoms with E-state index in [1.807, 2.05) is 29.5 Å². The SMILES string of the molecule is COC(=O)C(I)CNC(=O)c1ccc(Cl)cc1C. The number of aryl methyl sites for hydroxylation is 1. The van der Waals surface area contributed by atoms with E-state index >= 15 is 0 Å². The number of alkyl halides is 1. The molecule has 0 saturated heterocycles. The number of carbonyl (C=O) groups is 2. The van der Waals surface area contributed by atoms with Crippen LogP contribution in [0.2, 0.25) is 5.02 Å². The van der Waals surface area contributed by atoms with E-state index in [0.29, 0.717) is 10.6 Å². The molecule has 0 fully saturated rings. The van der Waals surface area contributed by atoms with Crippen LogP contribution in [-0.4, -0.2) is 29.5 Å². The topological polar surface area (TPSA) is 55.4 Å². The fraction of sp³-hybridized carbons (Fsp3) is 0.333. The molecule has 0 spiro atoms. The number of methoxy groups -OCH3 is 1. The second-order valence-corrected chi connectivity index (χ2v) is 5.60. The Kier molecular flexibility index (Phi) is 5.87. The van der Waals surface area contributed by atoms with Crippen LogP contribution >= 0.6 is 34.2 Å². The third kappa shape index (κ3) is 4.13. The molecule has 6 heteroatoms. The monoisotopic (exact) mass is 381 g/mol. The van der Waals surface area contributed by atoms with Gasteiger partial charge in [0.2, 0.25) is 0 Å². The fourth-order valence-corrected chi connectivity index (χ4v) is 2.07. The third-order valence-electron chi connectivity index (χ3n) is 2.33. The Morgan fingerprint density at radius 2 is 2.17 bits per heavy atom. The van der Waals surface area contributed by atoms with Crippen molar-refractivity contribution in [1.29, 1.82) is 0 Å². The van der Waals surface area contributed by atoms with E-state index < -0.39 is 3.92 Å². The summed E-state index contributed by atoms with van der Waals surface area (Å²) in [6.07, 6.45) is 0. The van der Waals surface area contributed by atoms with Gasteiger partial charge in [-0.05, 0) is 30.7 Å². The van der Waals surface area contributed by atoms with Crippen LogP contribution in [0.15, 0.2) is 18.2 Å². The van der Waals surface area contributed by atoms with Gasteiger partial charge in [0, 0.05) is 17.1 Å². The summed E-state index contributed by atoms with van der Waals surface area (Å²) in [7, 11) is 1.32. The lowest BCUT2D eigenvalue weighted by atomic mass is 10.1. The Bertz CT molecular complexity index is 465. The van der Waals surface area contributed by atoms with E-state index in [0.717, 1.165) is 5.56 Å². The zero-order valence-corrected chi connectivity index (χ0v) is 12.9. The van der Waals surface area contributed by atoms with Crippen LogP contribution in [0.1, 0.15) is 15.9 Å². The molecule has 0 aliphatic carbocycles. The number of halogens is 2. The number of benzene rings is 1. The van der Waals surface area contributed by atoms with E-state index in [9.17, 15) is 9.59 Å². The number of amides is 1. The normalized spacial score (nSPS) is 11.8. The summed E-state index contributed by atoms with van der Waals surface area (Å²) in [4.78, 5) is 23.1. The van der Waals surface area contributed by atoms with Crippen molar-refractivity contribution in [2.45, 2.75) is 10.8 Å². The number of hydrogen-bond donors (Lipinski definition) is 1. The molecular formula is C12H13ClINO3. The van der Waals surface area contributed by atoms with Gasteiger partial charge in [-0.3, -0.25) is 9.59 Å². The lowest BCUT2D eigenvalue weighted by molar-refractivity contribution is -0.139. The number of esters is 1. The Labute approximate surface area is 124 Å². The van der Waals surface area contributed by atoms with Gasteiger partial charge in [0.05, 0.1) is 7.11 Å². The summed E-state index contributed by atoms with van der Waals surface area (Å²) >= 11 is 7.74. The van der Waals surface area contributed by atoms with Crippen molar-refractivity contribution in [2.75, 3.05) is 13.7 Å². The number of hydrogen-bond acceptors (Lipinski definition) is 3. The second-order valence-electron chi connectivity index (χ2n) is 3.66. The molecule has 0 radical (unpaired) electrons. The highest BCUT2D eigenvalue weighted by Gasteiger charge is 2.17. The first kappa shape index (κ1) is 15.2. The minimum atomic E-state index is -0.399. The fourth-order valence-electron chi connectivity index (χ4n) is 1.37. The molecule has 0 bridgehead atoms. The molecule has 1 rings (SSSR count). The Morgan fingerprint density at radius 1 is 1.50 bits per heavy atom. The van der Waals surface area contributed by atoms with Crippen LogP contribution in [0.25, 0.3) is 0 Å². The van der Waals surface area contributed by atoms with E-state index in [1.54, 1.807) is 18.2 Å². The predicted molar refractivity (Wildman–Crippen MR) is 78.3 cm³/mol. The molecule has 1 N–H and O–H groups in total. The van der Waals surface area contributed by atoms with Crippen LogP contribution in [0.5, 0.6) is 0 Å². The van der Waals surface area contributed by atoms with Gasteiger partial charge >= 0.3 is 5.97 Å². The molecule has 1 atom stereocenters. The molecule has 18 heavy (non-hydrogen) atoms. The van der Waals surface area contributed by atoms with Gasteiger partial charge in [-0.1, -0.05) is 34.2 Å². The molecule has 1 unspecified atom stereocenters. The molecular weight excluding hydrogens is 368 g/mol. The van der Waals surface area contributed by atoms with Crippen molar-refractivity contribution >= 4 is 46.1 Å². The maximum atomic E-state index is 11.9. The minimum Gasteiger partial charge on any atom is -0.468 e. The average molecular weight is 382 g/mol. The smallest absolute Gasteiger partial charge is 0.320 e. The molecule has 0 saturated carbocycles. The molecule has 1 amide bonds. The van der Waals surface area contributed by atoms with Gasteiger partial charge in [0.1, 0.15) is 3.92 Å². The van der Waals surface area contributed by atoms with Crippen molar-refractivity contribution in [1.82, 2.24) is 5.32 Å². The van der Waals surface area contributed by atoms with E-state index in [2.05, 4.69) is 10.1 Å². The maximum absolute atomic E-state index is 11.9. The summed E-state index contributed by atoms with van der Waals surface area (Å²) in [5.41, 5.74) is 1.34. The molecule has 0 aliphatic heterocycles. The molecule has 1 aromatic carbocycles. The molecule has 0 aromatic heterocycles. The van der Waals surface area contributed by atoms with E-state index in [1.165, 1.54) is 7.11 Å². The van der Waals surface area contributed by atoms with Crippen molar-refractivity contribution in [2.24, 2.45) is 0 Å². The van der Waals surface area contributed by atoms with E-state index in [-0.39, 0.29) is 18.4 Å². The van der Waals surface area contributed by atoms with Crippen molar-refractivity contribution < 1.29 is 14.3 Å². The number of rotatable bonds is 4. The summed E-state index contributed by atoms with van der Waals surface area (Å²) < 4.78 is 4.18. The minimum absolute atomic E-state index is 0.227. The lowest BCUT2D eigenvalue weighted by Gasteiger charge is -2.10. The van der Waals surface area contributed by atoms with Crippen LogP contribution in [0, 0.1) is 6.92 Å². The first-order valence-corrected chi connectivity index (χ1v) is 6.84. The standard InChI is InChI=1S/C12H13ClINO3/c1-7-5-8(13)3-4-9(7)11(16)15-6-10(14)12(17)18-2/h3-5,10H,6H2,1-2H3,(H,15,16). The zero-order valence-electron chi connectivity index (χ0n) is 10.00. The summed E-state index contributed by atoms with van der Waals surface area (Å²) in [6, 6.07) is 5.04.